The van der Waals surface area contributed by atoms with Crippen LogP contribution in [0.5, 0.6) is 11.5 Å². The van der Waals surface area contributed by atoms with Gasteiger partial charge in [-0.3, -0.25) is 0 Å². The monoisotopic (exact) mass is 330 g/mol. The van der Waals surface area contributed by atoms with Gasteiger partial charge in [-0.15, -0.1) is 0 Å². The molecule has 0 aliphatic heterocycles. The average molecular weight is 330 g/mol. The van der Waals surface area contributed by atoms with E-state index in [0.29, 0.717) is 12.8 Å². The van der Waals surface area contributed by atoms with E-state index < -0.39 is 0 Å². The maximum absolute atomic E-state index is 9.83. The average Bonchev–Trinajstić information content (AvgIpc) is 2.64. The Morgan fingerprint density at radius 2 is 1.17 bits per heavy atom. The summed E-state index contributed by atoms with van der Waals surface area (Å²) in [5.41, 5.74) is 2.19. The maximum Gasteiger partial charge on any atom is 0.119 e. The number of hydrogen-bond acceptors (Lipinski definition) is 4. The summed E-state index contributed by atoms with van der Waals surface area (Å²) in [7, 11) is 3.28. The van der Waals surface area contributed by atoms with Crippen LogP contribution in [0.25, 0.3) is 0 Å². The van der Waals surface area contributed by atoms with Crippen LogP contribution in [-0.4, -0.2) is 37.6 Å². The second-order valence-electron chi connectivity index (χ2n) is 6.00. The molecule has 2 aromatic carbocycles. The van der Waals surface area contributed by atoms with Gasteiger partial charge in [0.2, 0.25) is 0 Å². The molecule has 24 heavy (non-hydrogen) atoms. The quantitative estimate of drug-likeness (QED) is 0.742. The van der Waals surface area contributed by atoms with Crippen LogP contribution in [0.15, 0.2) is 48.5 Å². The van der Waals surface area contributed by atoms with Crippen LogP contribution < -0.4 is 9.47 Å². The van der Waals surface area contributed by atoms with Crippen LogP contribution in [0.1, 0.15) is 11.1 Å². The fraction of sp³-hybridized carbons (Fsp3) is 0.400. The van der Waals surface area contributed by atoms with Gasteiger partial charge in [0.15, 0.2) is 0 Å². The SMILES string of the molecule is COc1cccc(CC(CO)C(CO)Cc2cccc(OC)c2)c1. The largest absolute Gasteiger partial charge is 0.497 e. The molecule has 0 fully saturated rings. The first-order chi connectivity index (χ1) is 11.7. The lowest BCUT2D eigenvalue weighted by atomic mass is 9.83. The van der Waals surface area contributed by atoms with Crippen molar-refractivity contribution in [3.05, 3.63) is 59.7 Å². The molecular weight excluding hydrogens is 304 g/mol. The summed E-state index contributed by atoms with van der Waals surface area (Å²) in [6, 6.07) is 15.7. The summed E-state index contributed by atoms with van der Waals surface area (Å²) in [6.45, 7) is 0.0683. The molecule has 0 aliphatic carbocycles. The third-order valence-corrected chi connectivity index (χ3v) is 4.40. The molecule has 2 atom stereocenters. The molecule has 0 aromatic heterocycles. The normalized spacial score (nSPS) is 13.3. The summed E-state index contributed by atoms with van der Waals surface area (Å²) < 4.78 is 10.5. The summed E-state index contributed by atoms with van der Waals surface area (Å²) >= 11 is 0. The third kappa shape index (κ3) is 4.98. The molecule has 0 saturated carbocycles. The molecule has 0 amide bonds. The molecule has 2 N–H and O–H groups in total. The van der Waals surface area contributed by atoms with Gasteiger partial charge < -0.3 is 19.7 Å². The lowest BCUT2D eigenvalue weighted by molar-refractivity contribution is 0.119. The fourth-order valence-electron chi connectivity index (χ4n) is 2.96. The number of benzene rings is 2. The van der Waals surface area contributed by atoms with E-state index in [1.807, 2.05) is 48.5 Å². The van der Waals surface area contributed by atoms with Crippen molar-refractivity contribution in [1.82, 2.24) is 0 Å². The first-order valence-electron chi connectivity index (χ1n) is 8.17. The number of aliphatic hydroxyl groups is 2. The van der Waals surface area contributed by atoms with E-state index in [9.17, 15) is 10.2 Å². The Labute approximate surface area is 143 Å². The highest BCUT2D eigenvalue weighted by Gasteiger charge is 2.21. The van der Waals surface area contributed by atoms with Crippen molar-refractivity contribution in [2.75, 3.05) is 27.4 Å². The van der Waals surface area contributed by atoms with Gasteiger partial charge in [-0.2, -0.15) is 0 Å². The van der Waals surface area contributed by atoms with Crippen molar-refractivity contribution in [3.63, 3.8) is 0 Å². The molecule has 0 bridgehead atoms. The Morgan fingerprint density at radius 3 is 1.50 bits per heavy atom. The molecule has 0 spiro atoms. The maximum atomic E-state index is 9.83. The van der Waals surface area contributed by atoms with Crippen LogP contribution in [-0.2, 0) is 12.8 Å². The summed E-state index contributed by atoms with van der Waals surface area (Å²) in [6.07, 6.45) is 1.39. The standard InChI is InChI=1S/C20H26O4/c1-23-19-7-3-5-15(11-19)9-17(13-21)18(14-22)10-16-6-4-8-20(12-16)24-2/h3-8,11-12,17-18,21-22H,9-10,13-14H2,1-2H3. The Morgan fingerprint density at radius 1 is 0.750 bits per heavy atom. The van der Waals surface area contributed by atoms with E-state index in [-0.39, 0.29) is 25.0 Å². The van der Waals surface area contributed by atoms with Crippen molar-refractivity contribution in [1.29, 1.82) is 0 Å². The van der Waals surface area contributed by atoms with Crippen molar-refractivity contribution in [3.8, 4) is 11.5 Å². The Hall–Kier alpha value is -2.04. The van der Waals surface area contributed by atoms with E-state index in [1.165, 1.54) is 0 Å². The highest BCUT2D eigenvalue weighted by Crippen LogP contribution is 2.24. The van der Waals surface area contributed by atoms with E-state index in [0.717, 1.165) is 22.6 Å². The van der Waals surface area contributed by atoms with Gasteiger partial charge in [-0.05, 0) is 60.1 Å². The van der Waals surface area contributed by atoms with Gasteiger partial charge in [0, 0.05) is 13.2 Å². The zero-order chi connectivity index (χ0) is 17.4. The van der Waals surface area contributed by atoms with E-state index in [1.54, 1.807) is 14.2 Å². The zero-order valence-electron chi connectivity index (χ0n) is 14.3. The van der Waals surface area contributed by atoms with Gasteiger partial charge >= 0.3 is 0 Å². The van der Waals surface area contributed by atoms with E-state index in [2.05, 4.69) is 0 Å². The van der Waals surface area contributed by atoms with E-state index in [4.69, 9.17) is 9.47 Å². The molecule has 2 unspecified atom stereocenters. The highest BCUT2D eigenvalue weighted by molar-refractivity contribution is 5.30. The smallest absolute Gasteiger partial charge is 0.119 e. The molecule has 0 saturated heterocycles. The van der Waals surface area contributed by atoms with Gasteiger partial charge in [-0.1, -0.05) is 24.3 Å². The molecule has 4 heteroatoms. The number of ether oxygens (including phenoxy) is 2. The fourth-order valence-corrected chi connectivity index (χ4v) is 2.96. The number of methoxy groups -OCH3 is 2. The minimum atomic E-state index is -0.0201. The molecule has 2 rings (SSSR count). The Balaban J connectivity index is 2.10. The summed E-state index contributed by atoms with van der Waals surface area (Å²) in [5, 5.41) is 19.7. The minimum Gasteiger partial charge on any atom is -0.497 e. The predicted molar refractivity (Wildman–Crippen MR) is 94.5 cm³/mol. The summed E-state index contributed by atoms with van der Waals surface area (Å²) in [4.78, 5) is 0. The van der Waals surface area contributed by atoms with Crippen LogP contribution in [0.4, 0.5) is 0 Å². The van der Waals surface area contributed by atoms with Crippen LogP contribution in [0, 0.1) is 11.8 Å². The highest BCUT2D eigenvalue weighted by atomic mass is 16.5. The topological polar surface area (TPSA) is 58.9 Å². The Bertz CT molecular complexity index is 571. The summed E-state index contributed by atoms with van der Waals surface area (Å²) in [5.74, 6) is 1.57. The van der Waals surface area contributed by atoms with Gasteiger partial charge in [0.25, 0.3) is 0 Å². The Kier molecular flexibility index (Phi) is 7.09. The molecule has 0 heterocycles. The van der Waals surface area contributed by atoms with Crippen molar-refractivity contribution in [2.24, 2.45) is 11.8 Å². The van der Waals surface area contributed by atoms with Crippen molar-refractivity contribution < 1.29 is 19.7 Å². The predicted octanol–water partition coefficient (Wildman–Crippen LogP) is 2.71. The van der Waals surface area contributed by atoms with Gasteiger partial charge in [-0.25, -0.2) is 0 Å². The molecule has 4 nitrogen and oxygen atoms in total. The lowest BCUT2D eigenvalue weighted by Gasteiger charge is -2.24. The molecule has 0 radical (unpaired) electrons. The van der Waals surface area contributed by atoms with Crippen molar-refractivity contribution >= 4 is 0 Å². The van der Waals surface area contributed by atoms with Crippen molar-refractivity contribution in [2.45, 2.75) is 12.8 Å². The third-order valence-electron chi connectivity index (χ3n) is 4.40. The molecular formula is C20H26O4. The van der Waals surface area contributed by atoms with Crippen LogP contribution in [0.2, 0.25) is 0 Å². The number of rotatable bonds is 9. The molecule has 130 valence electrons. The second-order valence-corrected chi connectivity index (χ2v) is 6.00. The lowest BCUT2D eigenvalue weighted by Crippen LogP contribution is -2.26. The number of hydrogen-bond donors (Lipinski definition) is 2. The van der Waals surface area contributed by atoms with Crippen LogP contribution in [0.3, 0.4) is 0 Å². The number of aliphatic hydroxyl groups excluding tert-OH is 2. The minimum absolute atomic E-state index is 0.0201. The molecule has 2 aromatic rings. The second kappa shape index (κ2) is 9.30. The first-order valence-corrected chi connectivity index (χ1v) is 8.17. The zero-order valence-corrected chi connectivity index (χ0v) is 14.3. The first kappa shape index (κ1) is 18.3. The van der Waals surface area contributed by atoms with E-state index >= 15 is 0 Å². The van der Waals surface area contributed by atoms with Gasteiger partial charge in [0.1, 0.15) is 11.5 Å². The molecule has 0 aliphatic rings. The van der Waals surface area contributed by atoms with Crippen LogP contribution >= 0.6 is 0 Å². The van der Waals surface area contributed by atoms with Gasteiger partial charge in [0.05, 0.1) is 14.2 Å².